The first kappa shape index (κ1) is 13.7. The maximum atomic E-state index is 14.2. The summed E-state index contributed by atoms with van der Waals surface area (Å²) in [5.41, 5.74) is 7.24. The highest BCUT2D eigenvalue weighted by molar-refractivity contribution is 5.26. The number of hydrogen-bond donors (Lipinski definition) is 1. The fourth-order valence-corrected chi connectivity index (χ4v) is 6.25. The van der Waals surface area contributed by atoms with Crippen molar-refractivity contribution in [3.8, 4) is 0 Å². The van der Waals surface area contributed by atoms with Crippen molar-refractivity contribution in [3.05, 3.63) is 35.4 Å². The molecule has 4 fully saturated rings. The smallest absolute Gasteiger partial charge is 0.163 e. The van der Waals surface area contributed by atoms with Gasteiger partial charge < -0.3 is 5.73 Å². The summed E-state index contributed by atoms with van der Waals surface area (Å²) >= 11 is 0. The number of rotatable bonds is 2. The molecule has 4 aliphatic rings. The van der Waals surface area contributed by atoms with Crippen molar-refractivity contribution in [2.24, 2.45) is 28.4 Å². The Hall–Kier alpha value is -0.960. The van der Waals surface area contributed by atoms with Crippen LogP contribution in [0.5, 0.6) is 0 Å². The van der Waals surface area contributed by atoms with Gasteiger partial charge in [-0.05, 0) is 67.3 Å². The Kier molecular flexibility index (Phi) is 2.79. The summed E-state index contributed by atoms with van der Waals surface area (Å²) < 4.78 is 27.7. The highest BCUT2D eigenvalue weighted by Crippen LogP contribution is 2.67. The average Bonchev–Trinajstić information content (AvgIpc) is 2.38. The lowest BCUT2D eigenvalue weighted by Crippen LogP contribution is -2.54. The van der Waals surface area contributed by atoms with Crippen LogP contribution in [0.1, 0.15) is 57.1 Å². The fraction of sp³-hybridized carbons (Fsp3) is 0.667. The van der Waals surface area contributed by atoms with Crippen molar-refractivity contribution < 1.29 is 8.78 Å². The largest absolute Gasteiger partial charge is 0.323 e. The minimum absolute atomic E-state index is 0.0204. The topological polar surface area (TPSA) is 26.0 Å². The van der Waals surface area contributed by atoms with Gasteiger partial charge in [0.15, 0.2) is 11.6 Å². The highest BCUT2D eigenvalue weighted by atomic mass is 19.2. The Bertz CT molecular complexity index is 569. The van der Waals surface area contributed by atoms with Gasteiger partial charge in [-0.25, -0.2) is 8.78 Å². The van der Waals surface area contributed by atoms with Crippen molar-refractivity contribution in [2.45, 2.75) is 51.5 Å². The van der Waals surface area contributed by atoms with Crippen LogP contribution in [-0.4, -0.2) is 0 Å². The molecule has 0 spiro atoms. The lowest BCUT2D eigenvalue weighted by atomic mass is 9.43. The third-order valence-corrected chi connectivity index (χ3v) is 6.38. The third kappa shape index (κ3) is 1.97. The van der Waals surface area contributed by atoms with Crippen LogP contribution in [0.2, 0.25) is 0 Å². The molecule has 4 saturated carbocycles. The first-order valence-electron chi connectivity index (χ1n) is 8.10. The van der Waals surface area contributed by atoms with Crippen molar-refractivity contribution in [2.75, 3.05) is 0 Å². The zero-order valence-electron chi connectivity index (χ0n) is 12.5. The maximum absolute atomic E-state index is 14.2. The first-order valence-corrected chi connectivity index (χ1v) is 8.10. The maximum Gasteiger partial charge on any atom is 0.163 e. The fourth-order valence-electron chi connectivity index (χ4n) is 6.25. The summed E-state index contributed by atoms with van der Waals surface area (Å²) in [4.78, 5) is 0. The second kappa shape index (κ2) is 4.28. The Balaban J connectivity index is 1.74. The molecule has 0 heterocycles. The van der Waals surface area contributed by atoms with Gasteiger partial charge in [0, 0.05) is 11.6 Å². The van der Waals surface area contributed by atoms with E-state index in [-0.39, 0.29) is 11.5 Å². The van der Waals surface area contributed by atoms with E-state index in [0.717, 1.165) is 31.1 Å². The second-order valence-electron chi connectivity index (χ2n) is 8.25. The van der Waals surface area contributed by atoms with Gasteiger partial charge in [0.05, 0.1) is 0 Å². The number of hydrogen-bond acceptors (Lipinski definition) is 1. The Morgan fingerprint density at radius 3 is 2.43 bits per heavy atom. The summed E-state index contributed by atoms with van der Waals surface area (Å²) in [7, 11) is 0. The van der Waals surface area contributed by atoms with E-state index in [1.165, 1.54) is 25.3 Å². The molecule has 3 unspecified atom stereocenters. The van der Waals surface area contributed by atoms with E-state index < -0.39 is 11.6 Å². The molecule has 1 aromatic carbocycles. The number of benzene rings is 1. The summed E-state index contributed by atoms with van der Waals surface area (Å²) in [5.74, 6) is -0.0531. The van der Waals surface area contributed by atoms with Gasteiger partial charge in [-0.2, -0.15) is 0 Å². The van der Waals surface area contributed by atoms with Crippen molar-refractivity contribution >= 4 is 0 Å². The minimum atomic E-state index is -0.779. The molecule has 0 amide bonds. The van der Waals surface area contributed by atoms with Gasteiger partial charge >= 0.3 is 0 Å². The Morgan fingerprint density at radius 1 is 1.14 bits per heavy atom. The molecular formula is C18H23F2N. The molecule has 1 aromatic rings. The molecule has 3 atom stereocenters. The molecule has 5 rings (SSSR count). The predicted molar refractivity (Wildman–Crippen MR) is 78.5 cm³/mol. The van der Waals surface area contributed by atoms with E-state index >= 15 is 0 Å². The van der Waals surface area contributed by atoms with Crippen LogP contribution >= 0.6 is 0 Å². The molecule has 4 bridgehead atoms. The van der Waals surface area contributed by atoms with E-state index in [0.29, 0.717) is 11.0 Å². The van der Waals surface area contributed by atoms with Crippen molar-refractivity contribution in [1.29, 1.82) is 0 Å². The van der Waals surface area contributed by atoms with Crippen molar-refractivity contribution in [3.63, 3.8) is 0 Å². The quantitative estimate of drug-likeness (QED) is 0.848. The van der Waals surface area contributed by atoms with E-state index in [2.05, 4.69) is 6.92 Å². The molecule has 4 aliphatic carbocycles. The van der Waals surface area contributed by atoms with Crippen LogP contribution in [0.4, 0.5) is 8.78 Å². The highest BCUT2D eigenvalue weighted by Gasteiger charge is 2.58. The van der Waals surface area contributed by atoms with E-state index in [4.69, 9.17) is 5.73 Å². The number of halogens is 2. The molecule has 0 aliphatic heterocycles. The van der Waals surface area contributed by atoms with E-state index in [1.54, 1.807) is 12.1 Å². The van der Waals surface area contributed by atoms with Gasteiger partial charge in [-0.1, -0.05) is 19.1 Å². The van der Waals surface area contributed by atoms with Crippen LogP contribution in [0, 0.1) is 34.3 Å². The zero-order chi connectivity index (χ0) is 14.8. The van der Waals surface area contributed by atoms with Gasteiger partial charge in [0.2, 0.25) is 0 Å². The number of nitrogens with two attached hydrogens (primary N) is 1. The molecular weight excluding hydrogens is 268 g/mol. The SMILES string of the molecule is CC12CC3CC(C1)CC(C(N)c1cccc(F)c1F)(C3)C2. The molecule has 3 heteroatoms. The summed E-state index contributed by atoms with van der Waals surface area (Å²) in [6, 6.07) is 4.05. The Morgan fingerprint density at radius 2 is 1.81 bits per heavy atom. The molecule has 0 saturated heterocycles. The zero-order valence-corrected chi connectivity index (χ0v) is 12.5. The van der Waals surface area contributed by atoms with E-state index in [9.17, 15) is 8.78 Å². The van der Waals surface area contributed by atoms with Gasteiger partial charge in [-0.3, -0.25) is 0 Å². The lowest BCUT2D eigenvalue weighted by Gasteiger charge is -2.63. The van der Waals surface area contributed by atoms with Crippen LogP contribution in [0.15, 0.2) is 18.2 Å². The second-order valence-corrected chi connectivity index (χ2v) is 8.25. The molecule has 1 nitrogen and oxygen atoms in total. The monoisotopic (exact) mass is 291 g/mol. The molecule has 2 N–H and O–H groups in total. The third-order valence-electron chi connectivity index (χ3n) is 6.38. The summed E-state index contributed by atoms with van der Waals surface area (Å²) in [6.45, 7) is 2.37. The van der Waals surface area contributed by atoms with Gasteiger partial charge in [0.25, 0.3) is 0 Å². The van der Waals surface area contributed by atoms with Crippen LogP contribution in [-0.2, 0) is 0 Å². The van der Waals surface area contributed by atoms with Crippen LogP contribution in [0.25, 0.3) is 0 Å². The minimum Gasteiger partial charge on any atom is -0.323 e. The van der Waals surface area contributed by atoms with Gasteiger partial charge in [0.1, 0.15) is 0 Å². The Labute approximate surface area is 124 Å². The molecule has 21 heavy (non-hydrogen) atoms. The van der Waals surface area contributed by atoms with Gasteiger partial charge in [-0.15, -0.1) is 0 Å². The average molecular weight is 291 g/mol. The standard InChI is InChI=1S/C18H23F2N/c1-17-6-11-5-12(7-17)9-18(8-11,10-17)16(21)13-3-2-4-14(19)15(13)20/h2-4,11-12,16H,5-10,21H2,1H3. The predicted octanol–water partition coefficient (Wildman–Crippen LogP) is 4.57. The van der Waals surface area contributed by atoms with Crippen molar-refractivity contribution in [1.82, 2.24) is 0 Å². The molecule has 0 aromatic heterocycles. The summed E-state index contributed by atoms with van der Waals surface area (Å²) in [6.07, 6.45) is 7.17. The van der Waals surface area contributed by atoms with E-state index in [1.807, 2.05) is 0 Å². The first-order chi connectivity index (χ1) is 9.91. The molecule has 114 valence electrons. The lowest BCUT2D eigenvalue weighted by molar-refractivity contribution is -0.114. The van der Waals surface area contributed by atoms with Crippen LogP contribution < -0.4 is 5.73 Å². The normalized spacial score (nSPS) is 42.3. The van der Waals surface area contributed by atoms with Crippen LogP contribution in [0.3, 0.4) is 0 Å². The molecule has 0 radical (unpaired) electrons. The summed E-state index contributed by atoms with van der Waals surface area (Å²) in [5, 5.41) is 0.